The van der Waals surface area contributed by atoms with Crippen molar-refractivity contribution in [1.29, 1.82) is 0 Å². The van der Waals surface area contributed by atoms with Crippen molar-refractivity contribution < 1.29 is 9.59 Å². The number of nitrogens with one attached hydrogen (secondary N) is 1. The van der Waals surface area contributed by atoms with Gasteiger partial charge in [0, 0.05) is 36.7 Å². The third-order valence-corrected chi connectivity index (χ3v) is 7.32. The van der Waals surface area contributed by atoms with Crippen LogP contribution in [0, 0.1) is 0 Å². The molecular weight excluding hydrogens is 406 g/mol. The number of anilines is 1. The van der Waals surface area contributed by atoms with E-state index in [1.54, 1.807) is 34.4 Å². The van der Waals surface area contributed by atoms with Crippen molar-refractivity contribution in [2.24, 2.45) is 0 Å². The normalized spacial score (nSPS) is 17.0. The molecule has 1 aliphatic carbocycles. The average molecular weight is 432 g/mol. The molecule has 3 amide bonds. The van der Waals surface area contributed by atoms with Crippen molar-refractivity contribution in [2.75, 3.05) is 18.9 Å². The lowest BCUT2D eigenvalue weighted by Crippen LogP contribution is -2.38. The van der Waals surface area contributed by atoms with E-state index in [9.17, 15) is 9.59 Å². The van der Waals surface area contributed by atoms with Crippen LogP contribution >= 0.6 is 22.9 Å². The van der Waals surface area contributed by atoms with Crippen LogP contribution in [0.5, 0.6) is 0 Å². The molecule has 0 unspecified atom stereocenters. The first-order valence-electron chi connectivity index (χ1n) is 10.2. The van der Waals surface area contributed by atoms with Crippen LogP contribution in [-0.2, 0) is 13.0 Å². The van der Waals surface area contributed by atoms with Crippen LogP contribution in [0.1, 0.15) is 52.9 Å². The molecule has 2 aliphatic rings. The third kappa shape index (κ3) is 4.43. The van der Waals surface area contributed by atoms with Gasteiger partial charge in [-0.25, -0.2) is 4.79 Å². The summed E-state index contributed by atoms with van der Waals surface area (Å²) >= 11 is 8.17. The zero-order valence-electron chi connectivity index (χ0n) is 16.6. The number of nitrogens with zero attached hydrogens (tertiary/aromatic N) is 2. The van der Waals surface area contributed by atoms with Gasteiger partial charge in [-0.2, -0.15) is 0 Å². The first-order chi connectivity index (χ1) is 14.0. The smallest absolute Gasteiger partial charge is 0.322 e. The quantitative estimate of drug-likeness (QED) is 0.707. The number of thiophene rings is 1. The van der Waals surface area contributed by atoms with Crippen LogP contribution < -0.4 is 5.32 Å². The molecule has 4 rings (SSSR count). The lowest BCUT2D eigenvalue weighted by atomic mass is 9.94. The molecule has 1 saturated carbocycles. The molecule has 1 aromatic carbocycles. The molecule has 2 aromatic rings. The summed E-state index contributed by atoms with van der Waals surface area (Å²) in [6.07, 6.45) is 6.58. The summed E-state index contributed by atoms with van der Waals surface area (Å²) in [5.41, 5.74) is 2.31. The number of amides is 3. The molecule has 0 bridgehead atoms. The second-order valence-electron chi connectivity index (χ2n) is 7.87. The number of halogens is 1. The van der Waals surface area contributed by atoms with Gasteiger partial charge in [-0.15, -0.1) is 11.3 Å². The predicted octanol–water partition coefficient (Wildman–Crippen LogP) is 5.40. The summed E-state index contributed by atoms with van der Waals surface area (Å²) in [5, 5.41) is 5.36. The molecule has 1 fully saturated rings. The fourth-order valence-electron chi connectivity index (χ4n) is 4.21. The second kappa shape index (κ2) is 8.76. The maximum absolute atomic E-state index is 12.9. The first kappa shape index (κ1) is 20.2. The Balaban J connectivity index is 1.40. The van der Waals surface area contributed by atoms with Crippen LogP contribution in [0.25, 0.3) is 0 Å². The van der Waals surface area contributed by atoms with E-state index in [0.29, 0.717) is 29.4 Å². The summed E-state index contributed by atoms with van der Waals surface area (Å²) in [6.45, 7) is 1.33. The molecule has 1 aromatic heterocycles. The van der Waals surface area contributed by atoms with E-state index in [1.807, 2.05) is 11.9 Å². The van der Waals surface area contributed by atoms with Crippen LogP contribution in [0.2, 0.25) is 5.02 Å². The van der Waals surface area contributed by atoms with Gasteiger partial charge in [-0.3, -0.25) is 4.79 Å². The van der Waals surface area contributed by atoms with Gasteiger partial charge in [0.05, 0.1) is 10.6 Å². The monoisotopic (exact) mass is 431 g/mol. The van der Waals surface area contributed by atoms with E-state index in [1.165, 1.54) is 29.7 Å². The van der Waals surface area contributed by atoms with Gasteiger partial charge in [0.2, 0.25) is 0 Å². The molecule has 154 valence electrons. The maximum atomic E-state index is 12.9. The number of hydrogen-bond acceptors (Lipinski definition) is 3. The third-order valence-electron chi connectivity index (χ3n) is 5.99. The lowest BCUT2D eigenvalue weighted by molar-refractivity contribution is 0.0696. The van der Waals surface area contributed by atoms with Gasteiger partial charge in [0.1, 0.15) is 0 Å². The average Bonchev–Trinajstić information content (AvgIpc) is 3.21. The van der Waals surface area contributed by atoms with Crippen molar-refractivity contribution in [3.05, 3.63) is 50.7 Å². The lowest BCUT2D eigenvalue weighted by Gasteiger charge is -2.31. The highest BCUT2D eigenvalue weighted by molar-refractivity contribution is 7.10. The topological polar surface area (TPSA) is 52.7 Å². The summed E-state index contributed by atoms with van der Waals surface area (Å²) in [7, 11) is 1.86. The maximum Gasteiger partial charge on any atom is 0.322 e. The van der Waals surface area contributed by atoms with E-state index in [0.717, 1.165) is 19.3 Å². The first-order valence-corrected chi connectivity index (χ1v) is 11.5. The minimum atomic E-state index is -0.142. The van der Waals surface area contributed by atoms with E-state index in [-0.39, 0.29) is 18.0 Å². The number of hydrogen-bond donors (Lipinski definition) is 1. The second-order valence-corrected chi connectivity index (χ2v) is 9.28. The Morgan fingerprint density at radius 2 is 2.00 bits per heavy atom. The van der Waals surface area contributed by atoms with Gasteiger partial charge in [-0.1, -0.05) is 30.9 Å². The molecule has 2 heterocycles. The van der Waals surface area contributed by atoms with Crippen molar-refractivity contribution in [3.63, 3.8) is 0 Å². The summed E-state index contributed by atoms with van der Waals surface area (Å²) < 4.78 is 0. The van der Waals surface area contributed by atoms with Crippen LogP contribution in [0.15, 0.2) is 29.6 Å². The molecule has 5 nitrogen and oxygen atoms in total. The van der Waals surface area contributed by atoms with E-state index in [2.05, 4.69) is 16.8 Å². The number of rotatable bonds is 3. The fourth-order valence-corrected chi connectivity index (χ4v) is 5.37. The zero-order valence-corrected chi connectivity index (χ0v) is 18.2. The van der Waals surface area contributed by atoms with Crippen LogP contribution in [0.4, 0.5) is 10.5 Å². The minimum Gasteiger partial charge on any atom is -0.339 e. The standard InChI is InChI=1S/C22H26ClN3O2S/c1-25(17-5-3-2-4-6-17)21(27)18-8-7-16(13-19(18)23)24-22(28)26-11-9-20-15(14-26)10-12-29-20/h7-8,10,12-13,17H,2-6,9,11,14H2,1H3,(H,24,28). The van der Waals surface area contributed by atoms with E-state index in [4.69, 9.17) is 11.6 Å². The molecule has 0 radical (unpaired) electrons. The van der Waals surface area contributed by atoms with Gasteiger partial charge in [0.15, 0.2) is 0 Å². The van der Waals surface area contributed by atoms with Gasteiger partial charge >= 0.3 is 6.03 Å². The summed E-state index contributed by atoms with van der Waals surface area (Å²) in [5.74, 6) is -0.0548. The summed E-state index contributed by atoms with van der Waals surface area (Å²) in [4.78, 5) is 30.5. The number of carbonyl (C=O) groups excluding carboxylic acids is 2. The highest BCUT2D eigenvalue weighted by Crippen LogP contribution is 2.28. The van der Waals surface area contributed by atoms with Gasteiger partial charge in [-0.05, 0) is 54.5 Å². The summed E-state index contributed by atoms with van der Waals surface area (Å²) in [6, 6.07) is 7.36. The number of benzene rings is 1. The highest BCUT2D eigenvalue weighted by Gasteiger charge is 2.25. The fraction of sp³-hybridized carbons (Fsp3) is 0.455. The van der Waals surface area contributed by atoms with Crippen LogP contribution in [-0.4, -0.2) is 41.4 Å². The molecule has 0 atom stereocenters. The Hall–Kier alpha value is -2.05. The molecule has 1 N–H and O–H groups in total. The number of urea groups is 1. The van der Waals surface area contributed by atoms with Crippen molar-refractivity contribution in [1.82, 2.24) is 9.80 Å². The molecule has 29 heavy (non-hydrogen) atoms. The Morgan fingerprint density at radius 3 is 2.76 bits per heavy atom. The van der Waals surface area contributed by atoms with Crippen molar-refractivity contribution >= 4 is 40.6 Å². The molecular formula is C22H26ClN3O2S. The Labute approximate surface area is 180 Å². The largest absolute Gasteiger partial charge is 0.339 e. The zero-order chi connectivity index (χ0) is 20.4. The number of fused-ring (bicyclic) bond motifs is 1. The van der Waals surface area contributed by atoms with Crippen molar-refractivity contribution in [2.45, 2.75) is 51.1 Å². The Morgan fingerprint density at radius 1 is 1.21 bits per heavy atom. The van der Waals surface area contributed by atoms with Crippen LogP contribution in [0.3, 0.4) is 0 Å². The SMILES string of the molecule is CN(C(=O)c1ccc(NC(=O)N2CCc3sccc3C2)cc1Cl)C1CCCCC1. The Bertz CT molecular complexity index is 907. The van der Waals surface area contributed by atoms with E-state index < -0.39 is 0 Å². The van der Waals surface area contributed by atoms with Gasteiger partial charge < -0.3 is 15.1 Å². The number of carbonyl (C=O) groups is 2. The predicted molar refractivity (Wildman–Crippen MR) is 118 cm³/mol. The van der Waals surface area contributed by atoms with E-state index >= 15 is 0 Å². The Kier molecular flexibility index (Phi) is 6.11. The molecule has 7 heteroatoms. The molecule has 0 saturated heterocycles. The highest BCUT2D eigenvalue weighted by atomic mass is 35.5. The van der Waals surface area contributed by atoms with Gasteiger partial charge in [0.25, 0.3) is 5.91 Å². The molecule has 0 spiro atoms. The van der Waals surface area contributed by atoms with Crippen molar-refractivity contribution in [3.8, 4) is 0 Å². The minimum absolute atomic E-state index is 0.0548. The molecule has 1 aliphatic heterocycles.